The molecule has 3 rings (SSSR count). The average molecular weight is 317 g/mol. The van der Waals surface area contributed by atoms with E-state index in [1.807, 2.05) is 32.6 Å². The van der Waals surface area contributed by atoms with E-state index in [2.05, 4.69) is 0 Å². The van der Waals surface area contributed by atoms with Gasteiger partial charge in [0.05, 0.1) is 0 Å². The van der Waals surface area contributed by atoms with Gasteiger partial charge in [0.2, 0.25) is 0 Å². The molecule has 1 aromatic rings. The highest BCUT2D eigenvalue weighted by Gasteiger charge is 2.43. The predicted octanol–water partition coefficient (Wildman–Crippen LogP) is 3.41. The van der Waals surface area contributed by atoms with Gasteiger partial charge in [-0.1, -0.05) is 0 Å². The molecule has 0 spiro atoms. The van der Waals surface area contributed by atoms with Gasteiger partial charge >= 0.3 is 0 Å². The van der Waals surface area contributed by atoms with E-state index in [0.29, 0.717) is 12.2 Å². The Hall–Kier alpha value is -1.71. The first-order valence-corrected chi connectivity index (χ1v) is 8.65. The van der Waals surface area contributed by atoms with Crippen molar-refractivity contribution in [3.05, 3.63) is 22.3 Å². The number of piperidine rings is 1. The van der Waals surface area contributed by atoms with Gasteiger partial charge in [-0.15, -0.1) is 0 Å². The van der Waals surface area contributed by atoms with Crippen LogP contribution < -0.4 is 4.74 Å². The lowest BCUT2D eigenvalue weighted by molar-refractivity contribution is -0.149. The lowest BCUT2D eigenvalue weighted by atomic mass is 9.86. The molecular formula is C19H27NO3. The summed E-state index contributed by atoms with van der Waals surface area (Å²) in [5, 5.41) is 10.3. The number of ether oxygens (including phenoxy) is 1. The molecule has 1 aromatic carbocycles. The largest absolute Gasteiger partial charge is 0.507 e. The first kappa shape index (κ1) is 16.2. The zero-order valence-electron chi connectivity index (χ0n) is 14.7. The Bertz CT molecular complexity index is 647. The number of carbonyl (C=O) groups is 1. The van der Waals surface area contributed by atoms with Gasteiger partial charge in [0.25, 0.3) is 5.91 Å². The maximum Gasteiger partial charge on any atom is 0.266 e. The van der Waals surface area contributed by atoms with Crippen molar-refractivity contribution in [2.45, 2.75) is 65.4 Å². The third kappa shape index (κ3) is 2.58. The third-order valence-electron chi connectivity index (χ3n) is 5.62. The summed E-state index contributed by atoms with van der Waals surface area (Å²) in [6, 6.07) is 0. The van der Waals surface area contributed by atoms with Crippen molar-refractivity contribution >= 4 is 5.91 Å². The van der Waals surface area contributed by atoms with Crippen LogP contribution in [0, 0.1) is 20.8 Å². The normalized spacial score (nSPS) is 24.1. The Morgan fingerprint density at radius 2 is 1.74 bits per heavy atom. The van der Waals surface area contributed by atoms with Crippen molar-refractivity contribution in [1.29, 1.82) is 0 Å². The minimum Gasteiger partial charge on any atom is -0.507 e. The summed E-state index contributed by atoms with van der Waals surface area (Å²) < 4.78 is 6.28. The SMILES string of the molecule is Cc1c(C)c2c(c(C)c1O)CCC(C)(C(=O)N1CCCCC1)O2. The number of hydrogen-bond donors (Lipinski definition) is 1. The highest BCUT2D eigenvalue weighted by Crippen LogP contribution is 2.43. The molecule has 2 heterocycles. The van der Waals surface area contributed by atoms with Crippen molar-refractivity contribution in [3.63, 3.8) is 0 Å². The average Bonchev–Trinajstić information content (AvgIpc) is 2.58. The molecule has 23 heavy (non-hydrogen) atoms. The number of amides is 1. The third-order valence-corrected chi connectivity index (χ3v) is 5.62. The van der Waals surface area contributed by atoms with Crippen LogP contribution in [0.4, 0.5) is 0 Å². The standard InChI is InChI=1S/C19H27NO3/c1-12-13(2)17-15(14(3)16(12)21)8-9-19(4,23-17)18(22)20-10-6-5-7-11-20/h21H,5-11H2,1-4H3. The minimum atomic E-state index is -0.787. The highest BCUT2D eigenvalue weighted by molar-refractivity contribution is 5.86. The number of rotatable bonds is 1. The second-order valence-corrected chi connectivity index (χ2v) is 7.22. The molecule has 126 valence electrons. The molecule has 1 atom stereocenters. The van der Waals surface area contributed by atoms with Gasteiger partial charge < -0.3 is 14.7 Å². The van der Waals surface area contributed by atoms with Gasteiger partial charge in [0, 0.05) is 25.1 Å². The van der Waals surface area contributed by atoms with Gasteiger partial charge in [0.15, 0.2) is 5.60 Å². The van der Waals surface area contributed by atoms with Gasteiger partial charge in [-0.2, -0.15) is 0 Å². The van der Waals surface area contributed by atoms with Gasteiger partial charge in [-0.05, 0) is 70.1 Å². The van der Waals surface area contributed by atoms with Gasteiger partial charge in [0.1, 0.15) is 11.5 Å². The monoisotopic (exact) mass is 317 g/mol. The second-order valence-electron chi connectivity index (χ2n) is 7.22. The lowest BCUT2D eigenvalue weighted by Crippen LogP contribution is -2.53. The highest BCUT2D eigenvalue weighted by atomic mass is 16.5. The molecule has 1 saturated heterocycles. The number of fused-ring (bicyclic) bond motifs is 1. The number of phenols is 1. The molecule has 1 amide bonds. The van der Waals surface area contributed by atoms with Crippen LogP contribution in [0.15, 0.2) is 0 Å². The molecule has 0 aliphatic carbocycles. The zero-order valence-corrected chi connectivity index (χ0v) is 14.7. The number of hydrogen-bond acceptors (Lipinski definition) is 3. The van der Waals surface area contributed by atoms with E-state index in [4.69, 9.17) is 4.74 Å². The summed E-state index contributed by atoms with van der Waals surface area (Å²) in [7, 11) is 0. The van der Waals surface area contributed by atoms with Crippen LogP contribution in [0.5, 0.6) is 11.5 Å². The van der Waals surface area contributed by atoms with E-state index in [0.717, 1.165) is 60.4 Å². The molecule has 1 fully saturated rings. The Morgan fingerprint density at radius 1 is 1.09 bits per heavy atom. The fourth-order valence-electron chi connectivity index (χ4n) is 3.83. The topological polar surface area (TPSA) is 49.8 Å². The van der Waals surface area contributed by atoms with E-state index in [1.165, 1.54) is 6.42 Å². The summed E-state index contributed by atoms with van der Waals surface area (Å²) in [4.78, 5) is 14.9. The maximum absolute atomic E-state index is 13.0. The van der Waals surface area contributed by atoms with Crippen molar-refractivity contribution < 1.29 is 14.6 Å². The van der Waals surface area contributed by atoms with E-state index in [1.54, 1.807) is 0 Å². The van der Waals surface area contributed by atoms with Gasteiger partial charge in [-0.3, -0.25) is 4.79 Å². The quantitative estimate of drug-likeness (QED) is 0.863. The molecule has 1 unspecified atom stereocenters. The Morgan fingerprint density at radius 3 is 2.39 bits per heavy atom. The van der Waals surface area contributed by atoms with E-state index in [9.17, 15) is 9.90 Å². The van der Waals surface area contributed by atoms with Crippen molar-refractivity contribution in [1.82, 2.24) is 4.90 Å². The molecule has 0 aromatic heterocycles. The second kappa shape index (κ2) is 5.73. The molecule has 0 bridgehead atoms. The molecule has 0 radical (unpaired) electrons. The molecule has 1 N–H and O–H groups in total. The van der Waals surface area contributed by atoms with Crippen LogP contribution in [0.25, 0.3) is 0 Å². The number of likely N-dealkylation sites (tertiary alicyclic amines) is 1. The fourth-order valence-corrected chi connectivity index (χ4v) is 3.83. The molecule has 2 aliphatic rings. The summed E-state index contributed by atoms with van der Waals surface area (Å²) >= 11 is 0. The molecule has 4 nitrogen and oxygen atoms in total. The Kier molecular flexibility index (Phi) is 4.03. The predicted molar refractivity (Wildman–Crippen MR) is 90.1 cm³/mol. The van der Waals surface area contributed by atoms with Crippen LogP contribution in [0.1, 0.15) is 54.9 Å². The number of nitrogens with zero attached hydrogens (tertiary/aromatic N) is 1. The number of phenolic OH excluding ortho intramolecular Hbond substituents is 1. The summed E-state index contributed by atoms with van der Waals surface area (Å²) in [6.07, 6.45) is 4.82. The minimum absolute atomic E-state index is 0.116. The first-order chi connectivity index (χ1) is 10.8. The fraction of sp³-hybridized carbons (Fsp3) is 0.632. The number of carbonyl (C=O) groups excluding carboxylic acids is 1. The van der Waals surface area contributed by atoms with Crippen LogP contribution in [0.2, 0.25) is 0 Å². The number of benzene rings is 1. The molecule has 0 saturated carbocycles. The van der Waals surface area contributed by atoms with Crippen LogP contribution in [0.3, 0.4) is 0 Å². The van der Waals surface area contributed by atoms with Crippen LogP contribution in [-0.2, 0) is 11.2 Å². The van der Waals surface area contributed by atoms with Crippen LogP contribution >= 0.6 is 0 Å². The maximum atomic E-state index is 13.0. The number of aromatic hydroxyl groups is 1. The van der Waals surface area contributed by atoms with E-state index < -0.39 is 5.60 Å². The van der Waals surface area contributed by atoms with Gasteiger partial charge in [-0.25, -0.2) is 0 Å². The zero-order chi connectivity index (χ0) is 16.8. The molecule has 4 heteroatoms. The van der Waals surface area contributed by atoms with Crippen molar-refractivity contribution in [3.8, 4) is 11.5 Å². The van der Waals surface area contributed by atoms with E-state index in [-0.39, 0.29) is 5.91 Å². The Balaban J connectivity index is 1.94. The van der Waals surface area contributed by atoms with E-state index >= 15 is 0 Å². The molecular weight excluding hydrogens is 290 g/mol. The molecule has 2 aliphatic heterocycles. The van der Waals surface area contributed by atoms with Crippen molar-refractivity contribution in [2.75, 3.05) is 13.1 Å². The first-order valence-electron chi connectivity index (χ1n) is 8.65. The Labute approximate surface area is 138 Å². The summed E-state index contributed by atoms with van der Waals surface area (Å²) in [6.45, 7) is 9.40. The smallest absolute Gasteiger partial charge is 0.266 e. The van der Waals surface area contributed by atoms with Crippen molar-refractivity contribution in [2.24, 2.45) is 0 Å². The lowest BCUT2D eigenvalue weighted by Gasteiger charge is -2.40. The summed E-state index contributed by atoms with van der Waals surface area (Å²) in [5.74, 6) is 1.28. The summed E-state index contributed by atoms with van der Waals surface area (Å²) in [5.41, 5.74) is 2.94. The van der Waals surface area contributed by atoms with Crippen LogP contribution in [-0.4, -0.2) is 34.6 Å².